The van der Waals surface area contributed by atoms with E-state index in [1.165, 1.54) is 6.20 Å². The highest BCUT2D eigenvalue weighted by Crippen LogP contribution is 2.18. The number of carbonyl (C=O) groups excluding carboxylic acids is 1. The maximum atomic E-state index is 11.8. The van der Waals surface area contributed by atoms with E-state index in [0.29, 0.717) is 16.7 Å². The highest BCUT2D eigenvalue weighted by Gasteiger charge is 2.18. The summed E-state index contributed by atoms with van der Waals surface area (Å²) in [5, 5.41) is 8.30. The van der Waals surface area contributed by atoms with E-state index in [0.717, 1.165) is 24.8 Å². The van der Waals surface area contributed by atoms with Crippen LogP contribution in [-0.4, -0.2) is 21.6 Å². The molecule has 0 aliphatic heterocycles. The Morgan fingerprint density at radius 3 is 2.57 bits per heavy atom. The molecular weight excluding hydrogens is 264 g/mol. The van der Waals surface area contributed by atoms with E-state index in [-0.39, 0.29) is 5.71 Å². The molecule has 2 aromatic rings. The first-order valence-electron chi connectivity index (χ1n) is 6.91. The van der Waals surface area contributed by atoms with Crippen LogP contribution in [0.5, 0.6) is 0 Å². The molecule has 5 nitrogen and oxygen atoms in total. The zero-order valence-corrected chi connectivity index (χ0v) is 12.0. The number of aromatic nitrogens is 2. The van der Waals surface area contributed by atoms with Crippen LogP contribution in [0.4, 0.5) is 0 Å². The van der Waals surface area contributed by atoms with Crippen molar-refractivity contribution in [2.45, 2.75) is 26.2 Å². The first-order valence-corrected chi connectivity index (χ1v) is 6.91. The number of carbonyl (C=O) groups is 1. The summed E-state index contributed by atoms with van der Waals surface area (Å²) in [4.78, 5) is 19.9. The van der Waals surface area contributed by atoms with Crippen LogP contribution in [0.1, 0.15) is 46.8 Å². The summed E-state index contributed by atoms with van der Waals surface area (Å²) in [7, 11) is 0. The van der Waals surface area contributed by atoms with Gasteiger partial charge < -0.3 is 5.73 Å². The Kier molecular flexibility index (Phi) is 4.77. The van der Waals surface area contributed by atoms with E-state index < -0.39 is 5.91 Å². The molecular formula is C16H18N4O. The Morgan fingerprint density at radius 2 is 1.95 bits per heavy atom. The quantitative estimate of drug-likeness (QED) is 0.796. The predicted octanol–water partition coefficient (Wildman–Crippen LogP) is 2.33. The Labute approximate surface area is 123 Å². The van der Waals surface area contributed by atoms with Crippen LogP contribution >= 0.6 is 0 Å². The summed E-state index contributed by atoms with van der Waals surface area (Å²) in [6.45, 7) is 2.08. The summed E-state index contributed by atoms with van der Waals surface area (Å²) in [6, 6.07) is 3.46. The number of aryl methyl sites for hydroxylation is 1. The maximum absolute atomic E-state index is 11.8. The molecule has 2 rings (SSSR count). The number of hydrogen-bond donors (Lipinski definition) is 2. The largest absolute Gasteiger partial charge is 0.366 e. The summed E-state index contributed by atoms with van der Waals surface area (Å²) in [5.41, 5.74) is 8.13. The molecule has 0 saturated heterocycles. The third kappa shape index (κ3) is 3.31. The number of unbranched alkanes of at least 4 members (excludes halogenated alkanes) is 1. The Balaban J connectivity index is 2.48. The van der Waals surface area contributed by atoms with E-state index in [1.807, 2.05) is 0 Å². The van der Waals surface area contributed by atoms with Crippen LogP contribution in [-0.2, 0) is 6.42 Å². The Bertz CT molecular complexity index is 653. The second kappa shape index (κ2) is 6.74. The number of pyridine rings is 2. The molecule has 0 aliphatic rings. The fourth-order valence-corrected chi connectivity index (χ4v) is 2.22. The van der Waals surface area contributed by atoms with E-state index >= 15 is 0 Å². The van der Waals surface area contributed by atoms with Crippen LogP contribution in [0.15, 0.2) is 36.9 Å². The van der Waals surface area contributed by atoms with Crippen molar-refractivity contribution in [1.29, 1.82) is 5.41 Å². The smallest absolute Gasteiger partial charge is 0.249 e. The first kappa shape index (κ1) is 14.8. The second-order valence-corrected chi connectivity index (χ2v) is 4.80. The van der Waals surface area contributed by atoms with Crippen LogP contribution in [0.3, 0.4) is 0 Å². The van der Waals surface area contributed by atoms with Gasteiger partial charge in [0.2, 0.25) is 5.91 Å². The summed E-state index contributed by atoms with van der Waals surface area (Å²) in [6.07, 6.45) is 9.12. The number of hydrogen-bond acceptors (Lipinski definition) is 4. The van der Waals surface area contributed by atoms with Crippen molar-refractivity contribution >= 4 is 11.6 Å². The van der Waals surface area contributed by atoms with Crippen LogP contribution in [0.25, 0.3) is 0 Å². The monoisotopic (exact) mass is 282 g/mol. The minimum atomic E-state index is -0.516. The summed E-state index contributed by atoms with van der Waals surface area (Å²) in [5.74, 6) is -0.516. The molecule has 0 aliphatic carbocycles. The zero-order chi connectivity index (χ0) is 15.2. The van der Waals surface area contributed by atoms with Gasteiger partial charge in [-0.1, -0.05) is 13.3 Å². The number of rotatable bonds is 6. The minimum Gasteiger partial charge on any atom is -0.366 e. The van der Waals surface area contributed by atoms with Gasteiger partial charge in [-0.15, -0.1) is 0 Å². The molecule has 0 bridgehead atoms. The minimum absolute atomic E-state index is 0.233. The average Bonchev–Trinajstić information content (AvgIpc) is 2.52. The van der Waals surface area contributed by atoms with Gasteiger partial charge >= 0.3 is 0 Å². The van der Waals surface area contributed by atoms with E-state index in [9.17, 15) is 4.79 Å². The molecule has 2 heterocycles. The standard InChI is InChI=1S/C16H18N4O/c1-2-3-4-12-9-20-10-13(14(12)16(18)21)15(17)11-5-7-19-8-6-11/h5-10,17H,2-4H2,1H3,(H2,18,21). The van der Waals surface area contributed by atoms with Gasteiger partial charge in [-0.2, -0.15) is 0 Å². The molecule has 108 valence electrons. The van der Waals surface area contributed by atoms with Gasteiger partial charge in [-0.25, -0.2) is 0 Å². The number of nitrogens with one attached hydrogen (secondary N) is 1. The van der Waals surface area contributed by atoms with Crippen molar-refractivity contribution in [2.24, 2.45) is 5.73 Å². The molecule has 0 spiro atoms. The number of nitrogens with two attached hydrogens (primary N) is 1. The Morgan fingerprint density at radius 1 is 1.24 bits per heavy atom. The van der Waals surface area contributed by atoms with Crippen molar-refractivity contribution in [2.75, 3.05) is 0 Å². The lowest BCUT2D eigenvalue weighted by atomic mass is 9.94. The molecule has 2 aromatic heterocycles. The van der Waals surface area contributed by atoms with Crippen LogP contribution < -0.4 is 5.73 Å². The third-order valence-corrected chi connectivity index (χ3v) is 3.31. The van der Waals surface area contributed by atoms with Gasteiger partial charge in [0.25, 0.3) is 0 Å². The van der Waals surface area contributed by atoms with Gasteiger partial charge in [-0.05, 0) is 30.5 Å². The highest BCUT2D eigenvalue weighted by atomic mass is 16.1. The SMILES string of the molecule is CCCCc1cncc(C(=N)c2ccncc2)c1C(N)=O. The molecule has 0 aromatic carbocycles. The maximum Gasteiger partial charge on any atom is 0.249 e. The van der Waals surface area contributed by atoms with Crippen molar-refractivity contribution in [3.63, 3.8) is 0 Å². The highest BCUT2D eigenvalue weighted by molar-refractivity contribution is 6.16. The van der Waals surface area contributed by atoms with Crippen LogP contribution in [0, 0.1) is 5.41 Å². The number of primary amides is 1. The summed E-state index contributed by atoms with van der Waals surface area (Å²) >= 11 is 0. The third-order valence-electron chi connectivity index (χ3n) is 3.31. The van der Waals surface area contributed by atoms with Gasteiger partial charge in [0.15, 0.2) is 0 Å². The van der Waals surface area contributed by atoms with E-state index in [4.69, 9.17) is 11.1 Å². The first-order chi connectivity index (χ1) is 10.1. The normalized spacial score (nSPS) is 10.3. The molecule has 5 heteroatoms. The lowest BCUT2D eigenvalue weighted by Gasteiger charge is -2.12. The molecule has 0 unspecified atom stereocenters. The Hall–Kier alpha value is -2.56. The average molecular weight is 282 g/mol. The van der Waals surface area contributed by atoms with E-state index in [2.05, 4.69) is 16.9 Å². The van der Waals surface area contributed by atoms with Gasteiger partial charge in [-0.3, -0.25) is 20.2 Å². The molecule has 0 fully saturated rings. The molecule has 21 heavy (non-hydrogen) atoms. The fraction of sp³-hybridized carbons (Fsp3) is 0.250. The second-order valence-electron chi connectivity index (χ2n) is 4.80. The molecule has 3 N–H and O–H groups in total. The van der Waals surface area contributed by atoms with Crippen molar-refractivity contribution < 1.29 is 4.79 Å². The van der Waals surface area contributed by atoms with Crippen molar-refractivity contribution in [1.82, 2.24) is 9.97 Å². The fourth-order valence-electron chi connectivity index (χ4n) is 2.22. The zero-order valence-electron chi connectivity index (χ0n) is 12.0. The molecule has 0 radical (unpaired) electrons. The van der Waals surface area contributed by atoms with Gasteiger partial charge in [0, 0.05) is 35.9 Å². The van der Waals surface area contributed by atoms with Crippen molar-refractivity contribution in [3.8, 4) is 0 Å². The summed E-state index contributed by atoms with van der Waals surface area (Å²) < 4.78 is 0. The van der Waals surface area contributed by atoms with E-state index in [1.54, 1.807) is 30.7 Å². The lowest BCUT2D eigenvalue weighted by molar-refractivity contribution is 0.0999. The number of amides is 1. The predicted molar refractivity (Wildman–Crippen MR) is 81.5 cm³/mol. The number of nitrogens with zero attached hydrogens (tertiary/aromatic N) is 2. The topological polar surface area (TPSA) is 92.7 Å². The molecule has 0 saturated carbocycles. The lowest BCUT2D eigenvalue weighted by Crippen LogP contribution is -2.20. The van der Waals surface area contributed by atoms with Crippen LogP contribution in [0.2, 0.25) is 0 Å². The molecule has 1 amide bonds. The van der Waals surface area contributed by atoms with Gasteiger partial charge in [0.05, 0.1) is 11.3 Å². The van der Waals surface area contributed by atoms with Gasteiger partial charge in [0.1, 0.15) is 0 Å². The van der Waals surface area contributed by atoms with Crippen molar-refractivity contribution in [3.05, 3.63) is 59.2 Å². The molecule has 0 atom stereocenters.